The highest BCUT2D eigenvalue weighted by molar-refractivity contribution is 5.85. The summed E-state index contributed by atoms with van der Waals surface area (Å²) < 4.78 is 5.01. The molecule has 6 heteroatoms. The maximum atomic E-state index is 13.4. The van der Waals surface area contributed by atoms with Crippen molar-refractivity contribution in [3.8, 4) is 0 Å². The van der Waals surface area contributed by atoms with E-state index in [9.17, 15) is 14.7 Å². The van der Waals surface area contributed by atoms with Crippen molar-refractivity contribution in [2.45, 2.75) is 76.1 Å². The van der Waals surface area contributed by atoms with Crippen LogP contribution in [0.25, 0.3) is 0 Å². The number of esters is 1. The molecule has 2 N–H and O–H groups in total. The van der Waals surface area contributed by atoms with Gasteiger partial charge in [-0.25, -0.2) is 4.79 Å². The summed E-state index contributed by atoms with van der Waals surface area (Å²) in [6.07, 6.45) is 22.3. The van der Waals surface area contributed by atoms with E-state index in [0.717, 1.165) is 43.8 Å². The molecule has 1 heterocycles. The van der Waals surface area contributed by atoms with Gasteiger partial charge in [0.05, 0.1) is 12.5 Å². The van der Waals surface area contributed by atoms with E-state index in [1.54, 1.807) is 4.90 Å². The minimum Gasteiger partial charge on any atom is -0.463 e. The van der Waals surface area contributed by atoms with Crippen LogP contribution in [0.4, 0.5) is 0 Å². The number of nitrogens with zero attached hydrogens (tertiary/aromatic N) is 1. The van der Waals surface area contributed by atoms with Crippen molar-refractivity contribution < 1.29 is 19.4 Å². The lowest BCUT2D eigenvalue weighted by atomic mass is 9.67. The van der Waals surface area contributed by atoms with Crippen molar-refractivity contribution in [3.05, 3.63) is 60.3 Å². The summed E-state index contributed by atoms with van der Waals surface area (Å²) in [4.78, 5) is 26.1. The zero-order valence-corrected chi connectivity index (χ0v) is 20.0. The molecule has 1 fully saturated rings. The summed E-state index contributed by atoms with van der Waals surface area (Å²) >= 11 is 0. The van der Waals surface area contributed by atoms with Crippen LogP contribution in [0.5, 0.6) is 0 Å². The highest BCUT2D eigenvalue weighted by Gasteiger charge is 2.48. The molecule has 1 aliphatic heterocycles. The third-order valence-electron chi connectivity index (χ3n) is 7.49. The summed E-state index contributed by atoms with van der Waals surface area (Å²) in [5, 5.41) is 15.0. The van der Waals surface area contributed by atoms with E-state index in [2.05, 4.69) is 36.2 Å². The first-order valence-electron chi connectivity index (χ1n) is 12.9. The van der Waals surface area contributed by atoms with Gasteiger partial charge < -0.3 is 20.1 Å². The van der Waals surface area contributed by atoms with E-state index in [1.165, 1.54) is 31.3 Å². The highest BCUT2D eigenvalue weighted by Crippen LogP contribution is 2.45. The van der Waals surface area contributed by atoms with Gasteiger partial charge in [-0.15, -0.1) is 0 Å². The van der Waals surface area contributed by atoms with E-state index < -0.39 is 12.2 Å². The molecule has 0 saturated carbocycles. The molecular formula is C28H38N2O4. The van der Waals surface area contributed by atoms with Crippen LogP contribution in [0.15, 0.2) is 60.3 Å². The zero-order chi connectivity index (χ0) is 23.9. The van der Waals surface area contributed by atoms with Crippen LogP contribution in [-0.2, 0) is 14.3 Å². The van der Waals surface area contributed by atoms with Crippen LogP contribution in [0.1, 0.15) is 57.8 Å². The topological polar surface area (TPSA) is 78.9 Å². The second-order valence-electron chi connectivity index (χ2n) is 9.74. The van der Waals surface area contributed by atoms with Crippen LogP contribution in [0.3, 0.4) is 0 Å². The Morgan fingerprint density at radius 1 is 1.21 bits per heavy atom. The molecule has 1 saturated heterocycles. The van der Waals surface area contributed by atoms with Crippen molar-refractivity contribution in [3.63, 3.8) is 0 Å². The fraction of sp³-hybridized carbons (Fsp3) is 0.571. The minimum absolute atomic E-state index is 0.00382. The Hall–Kier alpha value is -2.44. The second kappa shape index (κ2) is 11.8. The van der Waals surface area contributed by atoms with E-state index in [0.29, 0.717) is 19.2 Å². The summed E-state index contributed by atoms with van der Waals surface area (Å²) in [6, 6.07) is 0.664. The standard InChI is InChI=1S/C28H38N2O4/c1-2-25(31)34-19-10-6-9-18-30-27(32)22-15-11-14-21-24(17-16-23(26(21)22)28(30)33)29-20-12-7-4-3-5-8-13-20/h2,4,7,11,14-16,20,22,24,26,28-29,33H,1,3,5-6,8-10,12-13,17-19H2. The van der Waals surface area contributed by atoms with Crippen LogP contribution in [0.2, 0.25) is 0 Å². The maximum absolute atomic E-state index is 13.4. The van der Waals surface area contributed by atoms with Gasteiger partial charge in [0.2, 0.25) is 5.91 Å². The number of rotatable bonds is 9. The van der Waals surface area contributed by atoms with E-state index in [1.807, 2.05) is 12.2 Å². The minimum atomic E-state index is -0.868. The first-order valence-corrected chi connectivity index (χ1v) is 12.9. The number of carbonyl (C=O) groups excluding carboxylic acids is 2. The normalized spacial score (nSPS) is 30.6. The van der Waals surface area contributed by atoms with Gasteiger partial charge in [0.1, 0.15) is 0 Å². The molecule has 0 radical (unpaired) electrons. The number of aliphatic hydroxyl groups is 1. The van der Waals surface area contributed by atoms with Gasteiger partial charge in [-0.1, -0.05) is 49.5 Å². The molecule has 0 aromatic rings. The van der Waals surface area contributed by atoms with Crippen LogP contribution in [-0.4, -0.2) is 53.3 Å². The molecule has 34 heavy (non-hydrogen) atoms. The first kappa shape index (κ1) is 24.7. The van der Waals surface area contributed by atoms with Crippen molar-refractivity contribution in [1.82, 2.24) is 10.2 Å². The van der Waals surface area contributed by atoms with Gasteiger partial charge in [0.15, 0.2) is 6.23 Å². The molecule has 6 nitrogen and oxygen atoms in total. The Balaban J connectivity index is 1.38. The average molecular weight is 467 g/mol. The predicted octanol–water partition coefficient (Wildman–Crippen LogP) is 3.95. The van der Waals surface area contributed by atoms with Crippen molar-refractivity contribution >= 4 is 11.9 Å². The van der Waals surface area contributed by atoms with Crippen molar-refractivity contribution in [1.29, 1.82) is 0 Å². The largest absolute Gasteiger partial charge is 0.463 e. The third-order valence-corrected chi connectivity index (χ3v) is 7.49. The Labute approximate surface area is 203 Å². The fourth-order valence-electron chi connectivity index (χ4n) is 5.72. The number of piperidine rings is 1. The van der Waals surface area contributed by atoms with Crippen LogP contribution >= 0.6 is 0 Å². The summed E-state index contributed by atoms with van der Waals surface area (Å²) in [5.41, 5.74) is 2.21. The van der Waals surface area contributed by atoms with Crippen molar-refractivity contribution in [2.24, 2.45) is 11.8 Å². The number of carbonyl (C=O) groups is 2. The van der Waals surface area contributed by atoms with E-state index in [-0.39, 0.29) is 23.8 Å². The molecule has 3 aliphatic carbocycles. The molecule has 0 bridgehead atoms. The fourth-order valence-corrected chi connectivity index (χ4v) is 5.72. The molecule has 4 rings (SSSR count). The SMILES string of the molecule is C=CC(=O)OCCCCCN1C(=O)C2C=CC=C3C(NC4CC=CCCCC4)CC=C(C32)C1O. The molecule has 184 valence electrons. The third kappa shape index (κ3) is 5.61. The average Bonchev–Trinajstić information content (AvgIpc) is 2.83. The number of ether oxygens (including phenoxy) is 1. The lowest BCUT2D eigenvalue weighted by Gasteiger charge is -2.48. The smallest absolute Gasteiger partial charge is 0.330 e. The number of nitrogens with one attached hydrogen (secondary N) is 1. The number of hydrogen-bond acceptors (Lipinski definition) is 5. The van der Waals surface area contributed by atoms with E-state index >= 15 is 0 Å². The van der Waals surface area contributed by atoms with Gasteiger partial charge in [0.25, 0.3) is 0 Å². The number of hydrogen-bond donors (Lipinski definition) is 2. The number of amides is 1. The van der Waals surface area contributed by atoms with Crippen molar-refractivity contribution in [2.75, 3.05) is 13.2 Å². The Morgan fingerprint density at radius 3 is 2.94 bits per heavy atom. The Morgan fingerprint density at radius 2 is 2.09 bits per heavy atom. The summed E-state index contributed by atoms with van der Waals surface area (Å²) in [6.45, 7) is 4.23. The van der Waals surface area contributed by atoms with Gasteiger partial charge in [-0.3, -0.25) is 4.79 Å². The molecule has 5 atom stereocenters. The van der Waals surface area contributed by atoms with Gasteiger partial charge in [-0.2, -0.15) is 0 Å². The quantitative estimate of drug-likeness (QED) is 0.233. The Bertz CT molecular complexity index is 887. The molecule has 0 spiro atoms. The molecule has 5 unspecified atom stereocenters. The predicted molar refractivity (Wildman–Crippen MR) is 133 cm³/mol. The number of aliphatic hydroxyl groups excluding tert-OH is 1. The zero-order valence-electron chi connectivity index (χ0n) is 20.0. The molecule has 4 aliphatic rings. The highest BCUT2D eigenvalue weighted by atomic mass is 16.5. The molecule has 0 aromatic carbocycles. The van der Waals surface area contributed by atoms with Crippen LogP contribution in [0, 0.1) is 11.8 Å². The van der Waals surface area contributed by atoms with Gasteiger partial charge in [-0.05, 0) is 62.5 Å². The first-order chi connectivity index (χ1) is 16.6. The number of allylic oxidation sites excluding steroid dienone is 3. The lowest BCUT2D eigenvalue weighted by molar-refractivity contribution is -0.148. The molecular weight excluding hydrogens is 428 g/mol. The van der Waals surface area contributed by atoms with Gasteiger partial charge >= 0.3 is 5.97 Å². The number of likely N-dealkylation sites (tertiary alicyclic amines) is 1. The Kier molecular flexibility index (Phi) is 8.57. The second-order valence-corrected chi connectivity index (χ2v) is 9.74. The monoisotopic (exact) mass is 466 g/mol. The van der Waals surface area contributed by atoms with Gasteiger partial charge in [0, 0.05) is 30.6 Å². The number of unbranched alkanes of at least 4 members (excludes halogenated alkanes) is 2. The maximum Gasteiger partial charge on any atom is 0.330 e. The van der Waals surface area contributed by atoms with Crippen LogP contribution < -0.4 is 5.32 Å². The molecule has 1 amide bonds. The van der Waals surface area contributed by atoms with E-state index in [4.69, 9.17) is 4.74 Å². The summed E-state index contributed by atoms with van der Waals surface area (Å²) in [5.74, 6) is -0.699. The summed E-state index contributed by atoms with van der Waals surface area (Å²) in [7, 11) is 0. The lowest BCUT2D eigenvalue weighted by Crippen LogP contribution is -2.56. The molecule has 0 aromatic heterocycles.